The molecule has 0 aromatic heterocycles. The maximum absolute atomic E-state index is 12.4. The summed E-state index contributed by atoms with van der Waals surface area (Å²) < 4.78 is 0. The molecule has 3 rings (SSSR count). The molecule has 0 spiro atoms. The van der Waals surface area contributed by atoms with E-state index in [1.54, 1.807) is 0 Å². The van der Waals surface area contributed by atoms with E-state index in [1.165, 1.54) is 5.56 Å². The van der Waals surface area contributed by atoms with Gasteiger partial charge in [0.15, 0.2) is 0 Å². The highest BCUT2D eigenvalue weighted by Crippen LogP contribution is 2.15. The van der Waals surface area contributed by atoms with Gasteiger partial charge >= 0.3 is 0 Å². The van der Waals surface area contributed by atoms with Gasteiger partial charge in [-0.2, -0.15) is 11.8 Å². The lowest BCUT2D eigenvalue weighted by atomic mass is 10.1. The zero-order valence-corrected chi connectivity index (χ0v) is 14.9. The van der Waals surface area contributed by atoms with Crippen LogP contribution in [0, 0.1) is 0 Å². The number of carbonyl (C=O) groups is 1. The van der Waals surface area contributed by atoms with Crippen LogP contribution in [0.15, 0.2) is 24.3 Å². The molecule has 2 fully saturated rings. The number of nitrogens with zero attached hydrogens (tertiary/aromatic N) is 2. The molecule has 0 bridgehead atoms. The Hall–Kier alpha value is -0.750. The van der Waals surface area contributed by atoms with Crippen molar-refractivity contribution < 1.29 is 4.79 Å². The molecule has 0 radical (unpaired) electrons. The number of hydrogen-bond donors (Lipinski definition) is 1. The molecule has 2 saturated heterocycles. The molecular weight excluding hydrogens is 330 g/mol. The molecule has 23 heavy (non-hydrogen) atoms. The first-order valence-corrected chi connectivity index (χ1v) is 9.80. The van der Waals surface area contributed by atoms with Crippen molar-refractivity contribution in [2.45, 2.75) is 19.0 Å². The third-order valence-corrected chi connectivity index (χ3v) is 5.85. The predicted molar refractivity (Wildman–Crippen MR) is 97.0 cm³/mol. The van der Waals surface area contributed by atoms with Crippen LogP contribution in [-0.2, 0) is 11.3 Å². The number of hydrogen-bond acceptors (Lipinski definition) is 4. The first kappa shape index (κ1) is 17.1. The summed E-state index contributed by atoms with van der Waals surface area (Å²) in [4.78, 5) is 16.8. The number of rotatable bonds is 4. The SMILES string of the molecule is O=C(CC1CSCCN1)N1CCN(Cc2ccc(Cl)cc2)CC1. The smallest absolute Gasteiger partial charge is 0.224 e. The molecule has 2 aliphatic rings. The van der Waals surface area contributed by atoms with Crippen LogP contribution in [0.2, 0.25) is 5.02 Å². The number of benzene rings is 1. The predicted octanol–water partition coefficient (Wildman–Crippen LogP) is 2.08. The molecule has 1 unspecified atom stereocenters. The van der Waals surface area contributed by atoms with Crippen molar-refractivity contribution >= 4 is 29.3 Å². The van der Waals surface area contributed by atoms with Gasteiger partial charge in [0.05, 0.1) is 0 Å². The Morgan fingerprint density at radius 3 is 2.61 bits per heavy atom. The van der Waals surface area contributed by atoms with Gasteiger partial charge in [-0.1, -0.05) is 23.7 Å². The van der Waals surface area contributed by atoms with E-state index in [4.69, 9.17) is 11.6 Å². The molecule has 2 heterocycles. The Morgan fingerprint density at radius 1 is 1.22 bits per heavy atom. The van der Waals surface area contributed by atoms with Crippen LogP contribution in [0.4, 0.5) is 0 Å². The summed E-state index contributed by atoms with van der Waals surface area (Å²) in [6.45, 7) is 5.53. The van der Waals surface area contributed by atoms with Gasteiger partial charge < -0.3 is 10.2 Å². The Kier molecular flexibility index (Phi) is 6.22. The second-order valence-corrected chi connectivity index (χ2v) is 7.80. The van der Waals surface area contributed by atoms with Crippen LogP contribution in [-0.4, -0.2) is 66.0 Å². The van der Waals surface area contributed by atoms with Crippen molar-refractivity contribution in [2.24, 2.45) is 0 Å². The summed E-state index contributed by atoms with van der Waals surface area (Å²) in [7, 11) is 0. The average Bonchev–Trinajstić information content (AvgIpc) is 2.58. The molecule has 6 heteroatoms. The Balaban J connectivity index is 1.42. The van der Waals surface area contributed by atoms with E-state index < -0.39 is 0 Å². The molecule has 0 saturated carbocycles. The van der Waals surface area contributed by atoms with Gasteiger partial charge in [0.25, 0.3) is 0 Å². The second-order valence-electron chi connectivity index (χ2n) is 6.21. The van der Waals surface area contributed by atoms with Crippen molar-refractivity contribution in [3.63, 3.8) is 0 Å². The minimum Gasteiger partial charge on any atom is -0.340 e. The van der Waals surface area contributed by atoms with Gasteiger partial charge in [0.2, 0.25) is 5.91 Å². The number of halogens is 1. The molecule has 1 aromatic carbocycles. The van der Waals surface area contributed by atoms with Crippen molar-refractivity contribution in [2.75, 3.05) is 44.2 Å². The monoisotopic (exact) mass is 353 g/mol. The van der Waals surface area contributed by atoms with Crippen molar-refractivity contribution in [3.8, 4) is 0 Å². The lowest BCUT2D eigenvalue weighted by molar-refractivity contribution is -0.133. The molecule has 1 amide bonds. The molecule has 1 N–H and O–H groups in total. The molecule has 2 aliphatic heterocycles. The van der Waals surface area contributed by atoms with Gasteiger partial charge in [0, 0.05) is 68.3 Å². The number of piperazine rings is 1. The maximum Gasteiger partial charge on any atom is 0.224 e. The van der Waals surface area contributed by atoms with E-state index in [-0.39, 0.29) is 0 Å². The molecule has 1 atom stereocenters. The first-order chi connectivity index (χ1) is 11.2. The molecule has 1 aromatic rings. The topological polar surface area (TPSA) is 35.6 Å². The van der Waals surface area contributed by atoms with Gasteiger partial charge in [-0.25, -0.2) is 0 Å². The highest BCUT2D eigenvalue weighted by Gasteiger charge is 2.24. The van der Waals surface area contributed by atoms with Gasteiger partial charge in [0.1, 0.15) is 0 Å². The van der Waals surface area contributed by atoms with Gasteiger partial charge in [-0.15, -0.1) is 0 Å². The van der Waals surface area contributed by atoms with Crippen molar-refractivity contribution in [1.29, 1.82) is 0 Å². The number of thioether (sulfide) groups is 1. The summed E-state index contributed by atoms with van der Waals surface area (Å²) in [5.74, 6) is 2.52. The van der Waals surface area contributed by atoms with Crippen LogP contribution in [0.25, 0.3) is 0 Å². The maximum atomic E-state index is 12.4. The van der Waals surface area contributed by atoms with Crippen LogP contribution < -0.4 is 5.32 Å². The second kappa shape index (κ2) is 8.38. The first-order valence-electron chi connectivity index (χ1n) is 8.26. The molecule has 126 valence electrons. The Morgan fingerprint density at radius 2 is 1.96 bits per heavy atom. The fraction of sp³-hybridized carbons (Fsp3) is 0.588. The zero-order chi connectivity index (χ0) is 16.1. The van der Waals surface area contributed by atoms with E-state index in [2.05, 4.69) is 22.3 Å². The van der Waals surface area contributed by atoms with E-state index in [9.17, 15) is 4.79 Å². The summed E-state index contributed by atoms with van der Waals surface area (Å²) in [5.41, 5.74) is 1.28. The summed E-state index contributed by atoms with van der Waals surface area (Å²) in [5, 5.41) is 4.22. The Labute approximate surface area is 147 Å². The quantitative estimate of drug-likeness (QED) is 0.899. The van der Waals surface area contributed by atoms with Gasteiger partial charge in [-0.05, 0) is 17.7 Å². The van der Waals surface area contributed by atoms with Crippen LogP contribution in [0.5, 0.6) is 0 Å². The van der Waals surface area contributed by atoms with Gasteiger partial charge in [-0.3, -0.25) is 9.69 Å². The van der Waals surface area contributed by atoms with Crippen LogP contribution in [0.3, 0.4) is 0 Å². The van der Waals surface area contributed by atoms with E-state index in [0.717, 1.165) is 55.8 Å². The van der Waals surface area contributed by atoms with Crippen LogP contribution in [0.1, 0.15) is 12.0 Å². The third-order valence-electron chi connectivity index (χ3n) is 4.46. The van der Waals surface area contributed by atoms with E-state index in [0.29, 0.717) is 18.4 Å². The van der Waals surface area contributed by atoms with E-state index in [1.807, 2.05) is 28.8 Å². The zero-order valence-electron chi connectivity index (χ0n) is 13.3. The molecule has 0 aliphatic carbocycles. The standard InChI is InChI=1S/C17H24ClN3OS/c18-15-3-1-14(2-4-15)12-20-6-8-21(9-7-20)17(22)11-16-13-23-10-5-19-16/h1-4,16,19H,5-13H2. The highest BCUT2D eigenvalue weighted by atomic mass is 35.5. The highest BCUT2D eigenvalue weighted by molar-refractivity contribution is 7.99. The summed E-state index contributed by atoms with van der Waals surface area (Å²) in [6.07, 6.45) is 0.643. The lowest BCUT2D eigenvalue weighted by Crippen LogP contribution is -2.50. The van der Waals surface area contributed by atoms with E-state index >= 15 is 0 Å². The normalized spacial score (nSPS) is 23.0. The fourth-order valence-corrected chi connectivity index (χ4v) is 4.17. The number of amides is 1. The Bertz CT molecular complexity index is 511. The number of carbonyl (C=O) groups excluding carboxylic acids is 1. The summed E-state index contributed by atoms with van der Waals surface area (Å²) in [6, 6.07) is 8.38. The lowest BCUT2D eigenvalue weighted by Gasteiger charge is -2.35. The molecular formula is C17H24ClN3OS. The average molecular weight is 354 g/mol. The number of nitrogens with one attached hydrogen (secondary N) is 1. The minimum absolute atomic E-state index is 0.302. The van der Waals surface area contributed by atoms with Crippen molar-refractivity contribution in [1.82, 2.24) is 15.1 Å². The van der Waals surface area contributed by atoms with Crippen LogP contribution >= 0.6 is 23.4 Å². The minimum atomic E-state index is 0.302. The largest absolute Gasteiger partial charge is 0.340 e. The summed E-state index contributed by atoms with van der Waals surface area (Å²) >= 11 is 7.87. The molecule has 4 nitrogen and oxygen atoms in total. The fourth-order valence-electron chi connectivity index (χ4n) is 3.09. The third kappa shape index (κ3) is 5.11. The van der Waals surface area contributed by atoms with Crippen molar-refractivity contribution in [3.05, 3.63) is 34.9 Å².